The highest BCUT2D eigenvalue weighted by Gasteiger charge is 2.18. The minimum atomic E-state index is 0. The smallest absolute Gasteiger partial charge is 0.191 e. The molecule has 0 spiro atoms. The topological polar surface area (TPSA) is 39.7 Å². The van der Waals surface area contributed by atoms with E-state index in [4.69, 9.17) is 0 Å². The van der Waals surface area contributed by atoms with Crippen LogP contribution in [-0.4, -0.2) is 44.1 Å². The first kappa shape index (κ1) is 20.2. The molecular formula is C18H31IN4. The molecule has 0 heterocycles. The fourth-order valence-electron chi connectivity index (χ4n) is 3.11. The first-order chi connectivity index (χ1) is 10.7. The van der Waals surface area contributed by atoms with Crippen molar-refractivity contribution in [2.75, 3.05) is 27.2 Å². The van der Waals surface area contributed by atoms with Crippen molar-refractivity contribution in [3.63, 3.8) is 0 Å². The molecule has 1 fully saturated rings. The molecule has 0 amide bonds. The van der Waals surface area contributed by atoms with Gasteiger partial charge in [-0.1, -0.05) is 42.7 Å². The van der Waals surface area contributed by atoms with Crippen LogP contribution < -0.4 is 10.6 Å². The van der Waals surface area contributed by atoms with Crippen LogP contribution in [0.5, 0.6) is 0 Å². The van der Waals surface area contributed by atoms with Crippen LogP contribution in [0.3, 0.4) is 0 Å². The Bertz CT molecular complexity index is 484. The highest BCUT2D eigenvalue weighted by molar-refractivity contribution is 14.0. The van der Waals surface area contributed by atoms with E-state index >= 15 is 0 Å². The number of likely N-dealkylation sites (N-methyl/N-ethyl adjacent to an activating group) is 1. The van der Waals surface area contributed by atoms with Crippen molar-refractivity contribution in [2.24, 2.45) is 4.99 Å². The second-order valence-electron chi connectivity index (χ2n) is 6.26. The van der Waals surface area contributed by atoms with Crippen LogP contribution in [0.25, 0.3) is 0 Å². The Morgan fingerprint density at radius 1 is 1.26 bits per heavy atom. The zero-order valence-corrected chi connectivity index (χ0v) is 17.0. The maximum atomic E-state index is 4.30. The number of hydrogen-bond acceptors (Lipinski definition) is 2. The number of nitrogens with one attached hydrogen (secondary N) is 2. The van der Waals surface area contributed by atoms with Gasteiger partial charge in [0.25, 0.3) is 0 Å². The molecule has 0 aliphatic heterocycles. The Kier molecular flexibility index (Phi) is 9.55. The summed E-state index contributed by atoms with van der Waals surface area (Å²) in [4.78, 5) is 6.78. The zero-order valence-electron chi connectivity index (χ0n) is 14.6. The standard InChI is InChI=1S/C18H30N4.HI/c1-15-7-6-8-16(13-15)14-21-18(19-2)20-11-12-22(3)17-9-4-5-10-17;/h6-8,13,17H,4-5,9-12,14H2,1-3H3,(H2,19,20,21);1H. The Balaban J connectivity index is 0.00000264. The zero-order chi connectivity index (χ0) is 15.8. The van der Waals surface area contributed by atoms with Gasteiger partial charge in [-0.25, -0.2) is 0 Å². The lowest BCUT2D eigenvalue weighted by atomic mass is 10.1. The lowest BCUT2D eigenvalue weighted by Crippen LogP contribution is -2.42. The SMILES string of the molecule is CN=C(NCCN(C)C1CCCC1)NCc1cccc(C)c1.I. The predicted octanol–water partition coefficient (Wildman–Crippen LogP) is 3.15. The van der Waals surface area contributed by atoms with Crippen LogP contribution >= 0.6 is 24.0 Å². The Labute approximate surface area is 158 Å². The van der Waals surface area contributed by atoms with E-state index in [9.17, 15) is 0 Å². The first-order valence-electron chi connectivity index (χ1n) is 8.39. The van der Waals surface area contributed by atoms with E-state index in [1.807, 2.05) is 7.05 Å². The van der Waals surface area contributed by atoms with E-state index in [-0.39, 0.29) is 24.0 Å². The summed E-state index contributed by atoms with van der Waals surface area (Å²) in [5, 5.41) is 6.78. The summed E-state index contributed by atoms with van der Waals surface area (Å²) in [6.45, 7) is 4.92. The molecule has 1 aliphatic rings. The maximum Gasteiger partial charge on any atom is 0.191 e. The van der Waals surface area contributed by atoms with Crippen molar-refractivity contribution in [2.45, 2.75) is 45.2 Å². The average molecular weight is 430 g/mol. The number of nitrogens with zero attached hydrogens (tertiary/aromatic N) is 2. The third-order valence-corrected chi connectivity index (χ3v) is 4.47. The minimum Gasteiger partial charge on any atom is -0.355 e. The van der Waals surface area contributed by atoms with Crippen molar-refractivity contribution >= 4 is 29.9 Å². The van der Waals surface area contributed by atoms with Crippen molar-refractivity contribution < 1.29 is 0 Å². The van der Waals surface area contributed by atoms with Gasteiger partial charge in [0.05, 0.1) is 0 Å². The highest BCUT2D eigenvalue weighted by atomic mass is 127. The molecule has 2 rings (SSSR count). The lowest BCUT2D eigenvalue weighted by Gasteiger charge is -2.24. The quantitative estimate of drug-likeness (QED) is 0.414. The van der Waals surface area contributed by atoms with Crippen molar-refractivity contribution in [3.05, 3.63) is 35.4 Å². The van der Waals surface area contributed by atoms with E-state index in [1.54, 1.807) is 0 Å². The van der Waals surface area contributed by atoms with Crippen molar-refractivity contribution in [1.29, 1.82) is 0 Å². The molecule has 1 saturated carbocycles. The van der Waals surface area contributed by atoms with Crippen LogP contribution in [0.4, 0.5) is 0 Å². The van der Waals surface area contributed by atoms with Gasteiger partial charge in [0.1, 0.15) is 0 Å². The normalized spacial score (nSPS) is 15.6. The summed E-state index contributed by atoms with van der Waals surface area (Å²) in [5.41, 5.74) is 2.58. The molecule has 1 aromatic carbocycles. The Morgan fingerprint density at radius 2 is 2.00 bits per heavy atom. The summed E-state index contributed by atoms with van der Waals surface area (Å²) in [5.74, 6) is 0.876. The number of benzene rings is 1. The summed E-state index contributed by atoms with van der Waals surface area (Å²) in [7, 11) is 4.06. The minimum absolute atomic E-state index is 0. The van der Waals surface area contributed by atoms with Crippen molar-refractivity contribution in [1.82, 2.24) is 15.5 Å². The third kappa shape index (κ3) is 7.08. The molecule has 5 heteroatoms. The highest BCUT2D eigenvalue weighted by Crippen LogP contribution is 2.21. The first-order valence-corrected chi connectivity index (χ1v) is 8.39. The molecule has 1 aliphatic carbocycles. The molecule has 0 radical (unpaired) electrons. The molecule has 130 valence electrons. The Morgan fingerprint density at radius 3 is 2.65 bits per heavy atom. The number of rotatable bonds is 6. The molecule has 0 bridgehead atoms. The van der Waals surface area contributed by atoms with Gasteiger partial charge in [-0.2, -0.15) is 0 Å². The van der Waals surface area contributed by atoms with Crippen LogP contribution in [0.1, 0.15) is 36.8 Å². The van der Waals surface area contributed by atoms with E-state index in [0.29, 0.717) is 0 Å². The second kappa shape index (κ2) is 10.9. The number of guanidine groups is 1. The van der Waals surface area contributed by atoms with Crippen LogP contribution in [-0.2, 0) is 6.54 Å². The predicted molar refractivity (Wildman–Crippen MR) is 110 cm³/mol. The van der Waals surface area contributed by atoms with Gasteiger partial charge in [0.15, 0.2) is 5.96 Å². The molecule has 0 aromatic heterocycles. The molecule has 4 nitrogen and oxygen atoms in total. The molecule has 23 heavy (non-hydrogen) atoms. The summed E-state index contributed by atoms with van der Waals surface area (Å²) in [6, 6.07) is 9.34. The number of aryl methyl sites for hydroxylation is 1. The van der Waals surface area contributed by atoms with E-state index in [0.717, 1.165) is 31.6 Å². The summed E-state index contributed by atoms with van der Waals surface area (Å²) >= 11 is 0. The number of halogens is 1. The molecular weight excluding hydrogens is 399 g/mol. The van der Waals surface area contributed by atoms with Crippen LogP contribution in [0.2, 0.25) is 0 Å². The van der Waals surface area contributed by atoms with Crippen LogP contribution in [0, 0.1) is 6.92 Å². The fourth-order valence-corrected chi connectivity index (χ4v) is 3.11. The number of aliphatic imine (C=N–C) groups is 1. The molecule has 1 aromatic rings. The Hall–Kier alpha value is -0.820. The largest absolute Gasteiger partial charge is 0.355 e. The monoisotopic (exact) mass is 430 g/mol. The van der Waals surface area contributed by atoms with Gasteiger partial charge in [-0.3, -0.25) is 4.99 Å². The molecule has 0 atom stereocenters. The average Bonchev–Trinajstić information content (AvgIpc) is 3.05. The van der Waals surface area contributed by atoms with Gasteiger partial charge in [0.2, 0.25) is 0 Å². The van der Waals surface area contributed by atoms with Gasteiger partial charge >= 0.3 is 0 Å². The molecule has 0 unspecified atom stereocenters. The van der Waals surface area contributed by atoms with E-state index < -0.39 is 0 Å². The van der Waals surface area contributed by atoms with Gasteiger partial charge in [0, 0.05) is 32.7 Å². The van der Waals surface area contributed by atoms with Gasteiger partial charge in [-0.05, 0) is 32.4 Å². The fraction of sp³-hybridized carbons (Fsp3) is 0.611. The second-order valence-corrected chi connectivity index (χ2v) is 6.26. The van der Waals surface area contributed by atoms with E-state index in [1.165, 1.54) is 36.8 Å². The van der Waals surface area contributed by atoms with Gasteiger partial charge in [-0.15, -0.1) is 24.0 Å². The summed E-state index contributed by atoms with van der Waals surface area (Å²) < 4.78 is 0. The molecule has 0 saturated heterocycles. The van der Waals surface area contributed by atoms with Crippen LogP contribution in [0.15, 0.2) is 29.3 Å². The van der Waals surface area contributed by atoms with Crippen molar-refractivity contribution in [3.8, 4) is 0 Å². The summed E-state index contributed by atoms with van der Waals surface area (Å²) in [6.07, 6.45) is 5.50. The number of hydrogen-bond donors (Lipinski definition) is 2. The van der Waals surface area contributed by atoms with E-state index in [2.05, 4.69) is 58.8 Å². The lowest BCUT2D eigenvalue weighted by molar-refractivity contribution is 0.249. The van der Waals surface area contributed by atoms with Gasteiger partial charge < -0.3 is 15.5 Å². The molecule has 2 N–H and O–H groups in total. The third-order valence-electron chi connectivity index (χ3n) is 4.47. The maximum absolute atomic E-state index is 4.30.